The van der Waals surface area contributed by atoms with Crippen LogP contribution in [0.4, 0.5) is 0 Å². The summed E-state index contributed by atoms with van der Waals surface area (Å²) < 4.78 is 0. The smallest absolute Gasteiger partial charge is 0.362 e. The van der Waals surface area contributed by atoms with E-state index in [4.69, 9.17) is 5.53 Å². The summed E-state index contributed by atoms with van der Waals surface area (Å²) in [7, 11) is 0. The summed E-state index contributed by atoms with van der Waals surface area (Å²) in [5.74, 6) is 0.333. The molecule has 0 amide bonds. The molecule has 4 nitrogen and oxygen atoms in total. The van der Waals surface area contributed by atoms with Gasteiger partial charge in [0.25, 0.3) is 0 Å². The lowest BCUT2D eigenvalue weighted by molar-refractivity contribution is -0.116. The Morgan fingerprint density at radius 1 is 1.75 bits per heavy atom. The van der Waals surface area contributed by atoms with Gasteiger partial charge in [0.2, 0.25) is 5.78 Å². The van der Waals surface area contributed by atoms with Crippen LogP contribution in [0.3, 0.4) is 0 Å². The van der Waals surface area contributed by atoms with Crippen molar-refractivity contribution in [3.05, 3.63) is 5.53 Å². The number of thioether (sulfide) groups is 1. The van der Waals surface area contributed by atoms with Crippen LogP contribution in [0.1, 0.15) is 13.3 Å². The van der Waals surface area contributed by atoms with Crippen LogP contribution in [0.5, 0.6) is 0 Å². The van der Waals surface area contributed by atoms with E-state index in [2.05, 4.69) is 4.79 Å². The fourth-order valence-corrected chi connectivity index (χ4v) is 1.20. The van der Waals surface area contributed by atoms with E-state index in [0.29, 0.717) is 6.42 Å². The van der Waals surface area contributed by atoms with Crippen molar-refractivity contribution in [3.8, 4) is 0 Å². The molecule has 0 aliphatic heterocycles. The molecule has 0 aliphatic rings. The molecule has 0 fully saturated rings. The van der Waals surface area contributed by atoms with Gasteiger partial charge in [-0.15, -0.1) is 0 Å². The lowest BCUT2D eigenvalue weighted by Gasteiger charge is -2.01. The van der Waals surface area contributed by atoms with Gasteiger partial charge in [-0.25, -0.2) is 0 Å². The summed E-state index contributed by atoms with van der Waals surface area (Å²) in [6, 6.07) is 0. The van der Waals surface area contributed by atoms with Crippen molar-refractivity contribution in [2.24, 2.45) is 0 Å². The molecule has 0 aliphatic carbocycles. The van der Waals surface area contributed by atoms with Crippen LogP contribution in [-0.2, 0) is 4.79 Å². The Morgan fingerprint density at radius 2 is 2.33 bits per heavy atom. The number of aliphatic hydroxyl groups is 1. The second kappa shape index (κ2) is 5.94. The second-order valence-corrected chi connectivity index (χ2v) is 3.32. The molecule has 12 heavy (non-hydrogen) atoms. The van der Waals surface area contributed by atoms with Gasteiger partial charge in [-0.05, 0) is 18.4 Å². The first kappa shape index (κ1) is 11.4. The maximum Gasteiger partial charge on any atom is 0.362 e. The summed E-state index contributed by atoms with van der Waals surface area (Å²) in [6.45, 7) is 1.26. The number of Topliss-reactive ketones (excluding diaryl/α,β-unsaturated/α-hetero) is 1. The molecular weight excluding hydrogens is 176 g/mol. The van der Waals surface area contributed by atoms with E-state index in [0.717, 1.165) is 5.75 Å². The van der Waals surface area contributed by atoms with Crippen LogP contribution in [0, 0.1) is 0 Å². The molecule has 1 unspecified atom stereocenters. The van der Waals surface area contributed by atoms with E-state index >= 15 is 0 Å². The Morgan fingerprint density at radius 3 is 2.67 bits per heavy atom. The van der Waals surface area contributed by atoms with Crippen LogP contribution < -0.4 is 0 Å². The number of hydrogen-bond acceptors (Lipinski definition) is 3. The SMILES string of the molecule is CSCCC(O)C(=[N+]=[N-])C(C)=O. The minimum Gasteiger partial charge on any atom is -0.381 e. The Kier molecular flexibility index (Phi) is 5.62. The maximum atomic E-state index is 10.7. The van der Waals surface area contributed by atoms with Crippen molar-refractivity contribution in [2.45, 2.75) is 19.4 Å². The Bertz CT molecular complexity index is 211. The molecule has 5 heteroatoms. The number of hydrogen-bond donors (Lipinski definition) is 1. The van der Waals surface area contributed by atoms with Crippen LogP contribution in [0.2, 0.25) is 0 Å². The third-order valence-electron chi connectivity index (χ3n) is 1.38. The molecule has 0 saturated heterocycles. The van der Waals surface area contributed by atoms with Crippen LogP contribution in [-0.4, -0.2) is 39.5 Å². The van der Waals surface area contributed by atoms with Crippen molar-refractivity contribution < 1.29 is 14.7 Å². The fourth-order valence-electron chi connectivity index (χ4n) is 0.738. The van der Waals surface area contributed by atoms with Crippen molar-refractivity contribution in [3.63, 3.8) is 0 Å². The summed E-state index contributed by atoms with van der Waals surface area (Å²) in [4.78, 5) is 13.5. The third-order valence-corrected chi connectivity index (χ3v) is 2.02. The average Bonchev–Trinajstić information content (AvgIpc) is 2.01. The normalized spacial score (nSPS) is 11.9. The zero-order valence-corrected chi connectivity index (χ0v) is 7.97. The van der Waals surface area contributed by atoms with Gasteiger partial charge in [0.1, 0.15) is 0 Å². The van der Waals surface area contributed by atoms with Gasteiger partial charge >= 0.3 is 5.71 Å². The number of carbonyl (C=O) groups excluding carboxylic acids is 1. The average molecular weight is 188 g/mol. The number of rotatable bonds is 5. The fraction of sp³-hybridized carbons (Fsp3) is 0.714. The van der Waals surface area contributed by atoms with E-state index < -0.39 is 11.9 Å². The van der Waals surface area contributed by atoms with Crippen LogP contribution in [0.25, 0.3) is 5.53 Å². The lowest BCUT2D eigenvalue weighted by Crippen LogP contribution is -2.28. The molecule has 0 radical (unpaired) electrons. The highest BCUT2D eigenvalue weighted by atomic mass is 32.2. The van der Waals surface area contributed by atoms with Crippen LogP contribution in [0.15, 0.2) is 0 Å². The topological polar surface area (TPSA) is 73.7 Å². The van der Waals surface area contributed by atoms with Crippen molar-refractivity contribution in [2.75, 3.05) is 12.0 Å². The van der Waals surface area contributed by atoms with E-state index in [1.807, 2.05) is 6.26 Å². The summed E-state index contributed by atoms with van der Waals surface area (Å²) >= 11 is 1.56. The summed E-state index contributed by atoms with van der Waals surface area (Å²) in [6.07, 6.45) is 1.39. The zero-order chi connectivity index (χ0) is 9.56. The van der Waals surface area contributed by atoms with E-state index in [1.54, 1.807) is 11.8 Å². The van der Waals surface area contributed by atoms with Gasteiger partial charge in [-0.1, -0.05) is 0 Å². The zero-order valence-electron chi connectivity index (χ0n) is 7.15. The maximum absolute atomic E-state index is 10.7. The lowest BCUT2D eigenvalue weighted by atomic mass is 10.1. The molecule has 1 N–H and O–H groups in total. The molecule has 68 valence electrons. The van der Waals surface area contributed by atoms with E-state index in [9.17, 15) is 9.90 Å². The molecule has 0 rings (SSSR count). The predicted molar refractivity (Wildman–Crippen MR) is 48.3 cm³/mol. The molecule has 0 heterocycles. The largest absolute Gasteiger partial charge is 0.381 e. The molecule has 1 atom stereocenters. The Labute approximate surface area is 75.6 Å². The predicted octanol–water partition coefficient (Wildman–Crippen LogP) is 0.360. The first-order chi connectivity index (χ1) is 5.63. The minimum atomic E-state index is -0.944. The number of aliphatic hydroxyl groups excluding tert-OH is 1. The van der Waals surface area contributed by atoms with E-state index in [-0.39, 0.29) is 5.71 Å². The standard InChI is InChI=1S/C7H12N2O2S/c1-5(10)7(9-8)6(11)3-4-12-2/h6,11H,3-4H2,1-2H3. The van der Waals surface area contributed by atoms with Gasteiger partial charge < -0.3 is 10.6 Å². The van der Waals surface area contributed by atoms with Gasteiger partial charge in [-0.2, -0.15) is 16.6 Å². The molecule has 0 aromatic carbocycles. The van der Waals surface area contributed by atoms with Gasteiger partial charge in [0, 0.05) is 6.92 Å². The molecule has 0 aromatic rings. The Balaban J connectivity index is 4.15. The van der Waals surface area contributed by atoms with Crippen LogP contribution >= 0.6 is 11.8 Å². The van der Waals surface area contributed by atoms with Gasteiger partial charge in [0.15, 0.2) is 6.10 Å². The van der Waals surface area contributed by atoms with Gasteiger partial charge in [0.05, 0.1) is 0 Å². The van der Waals surface area contributed by atoms with Crippen molar-refractivity contribution in [1.82, 2.24) is 0 Å². The van der Waals surface area contributed by atoms with Gasteiger partial charge in [-0.3, -0.25) is 4.79 Å². The quantitative estimate of drug-likeness (QED) is 0.384. The molecule has 0 aromatic heterocycles. The molecule has 0 spiro atoms. The minimum absolute atomic E-state index is 0.163. The van der Waals surface area contributed by atoms with Crippen molar-refractivity contribution >= 4 is 23.3 Å². The second-order valence-electron chi connectivity index (χ2n) is 2.34. The third kappa shape index (κ3) is 3.67. The highest BCUT2D eigenvalue weighted by Gasteiger charge is 2.24. The highest BCUT2D eigenvalue weighted by molar-refractivity contribution is 7.98. The van der Waals surface area contributed by atoms with E-state index in [1.165, 1.54) is 6.92 Å². The number of carbonyl (C=O) groups is 1. The highest BCUT2D eigenvalue weighted by Crippen LogP contribution is 2.01. The summed E-state index contributed by atoms with van der Waals surface area (Å²) in [5.41, 5.74) is 8.20. The Hall–Kier alpha value is -0.640. The monoisotopic (exact) mass is 188 g/mol. The molecule has 0 bridgehead atoms. The van der Waals surface area contributed by atoms with Crippen molar-refractivity contribution in [1.29, 1.82) is 0 Å². The number of nitrogens with zero attached hydrogens (tertiary/aromatic N) is 2. The summed E-state index contributed by atoms with van der Waals surface area (Å²) in [5, 5.41) is 9.29. The first-order valence-corrected chi connectivity index (χ1v) is 4.92. The molecule has 0 saturated carbocycles. The molecular formula is C7H12N2O2S. The first-order valence-electron chi connectivity index (χ1n) is 3.53. The number of ketones is 1.